The fourth-order valence-corrected chi connectivity index (χ4v) is 7.27. The van der Waals surface area contributed by atoms with E-state index in [1.54, 1.807) is 37.3 Å². The Hall–Kier alpha value is -2.78. The van der Waals surface area contributed by atoms with E-state index in [0.29, 0.717) is 37.3 Å². The molecule has 9 heteroatoms. The number of anilines is 1. The molecule has 2 aliphatic heterocycles. The summed E-state index contributed by atoms with van der Waals surface area (Å²) < 4.78 is 41.8. The van der Waals surface area contributed by atoms with E-state index in [4.69, 9.17) is 0 Å². The number of carbonyl (C=O) groups excluding carboxylic acids is 2. The van der Waals surface area contributed by atoms with Crippen LogP contribution in [0.4, 0.5) is 10.1 Å². The Morgan fingerprint density at radius 2 is 1.49 bits per heavy atom. The van der Waals surface area contributed by atoms with Gasteiger partial charge < -0.3 is 4.90 Å². The first-order valence-electron chi connectivity index (χ1n) is 12.2. The number of hydrogen-bond donors (Lipinski definition) is 0. The van der Waals surface area contributed by atoms with Gasteiger partial charge in [0.25, 0.3) is 0 Å². The van der Waals surface area contributed by atoms with Crippen molar-refractivity contribution in [3.8, 4) is 0 Å². The van der Waals surface area contributed by atoms with Gasteiger partial charge in [0.15, 0.2) is 0 Å². The molecule has 0 aromatic heterocycles. The maximum absolute atomic E-state index is 13.5. The lowest BCUT2D eigenvalue weighted by Gasteiger charge is -2.35. The van der Waals surface area contributed by atoms with E-state index in [1.807, 2.05) is 4.90 Å². The zero-order valence-corrected chi connectivity index (χ0v) is 20.6. The van der Waals surface area contributed by atoms with Crippen LogP contribution in [0, 0.1) is 24.6 Å². The number of aryl methyl sites for hydroxylation is 1. The van der Waals surface area contributed by atoms with Crippen molar-refractivity contribution in [3.63, 3.8) is 0 Å². The summed E-state index contributed by atoms with van der Waals surface area (Å²) in [6.45, 7) is 3.50. The topological polar surface area (TPSA) is 78.0 Å². The van der Waals surface area contributed by atoms with Crippen LogP contribution >= 0.6 is 0 Å². The number of rotatable bonds is 5. The van der Waals surface area contributed by atoms with Gasteiger partial charge in [0.05, 0.1) is 23.3 Å². The van der Waals surface area contributed by atoms with Crippen LogP contribution in [-0.2, 0) is 26.2 Å². The molecule has 0 N–H and O–H groups in total. The highest BCUT2D eigenvalue weighted by Gasteiger charge is 2.48. The van der Waals surface area contributed by atoms with Crippen molar-refractivity contribution in [1.29, 1.82) is 0 Å². The van der Waals surface area contributed by atoms with Crippen molar-refractivity contribution < 1.29 is 22.4 Å². The number of sulfonamides is 1. The van der Waals surface area contributed by atoms with Crippen molar-refractivity contribution in [2.45, 2.75) is 44.0 Å². The Bertz CT molecular complexity index is 1220. The van der Waals surface area contributed by atoms with Crippen molar-refractivity contribution in [1.82, 2.24) is 9.21 Å². The molecule has 3 fully saturated rings. The van der Waals surface area contributed by atoms with Gasteiger partial charge in [-0.2, -0.15) is 4.31 Å². The third-order valence-corrected chi connectivity index (χ3v) is 9.61. The van der Waals surface area contributed by atoms with Gasteiger partial charge in [0.2, 0.25) is 21.8 Å². The Balaban J connectivity index is 1.31. The molecular weight excluding hydrogens is 469 g/mol. The van der Waals surface area contributed by atoms with Crippen LogP contribution in [0.3, 0.4) is 0 Å². The second-order valence-electron chi connectivity index (χ2n) is 9.73. The van der Waals surface area contributed by atoms with Gasteiger partial charge in [-0.3, -0.25) is 14.5 Å². The summed E-state index contributed by atoms with van der Waals surface area (Å²) in [6.07, 6.45) is 3.44. The van der Waals surface area contributed by atoms with E-state index < -0.39 is 10.0 Å². The second-order valence-corrected chi connectivity index (χ2v) is 11.6. The van der Waals surface area contributed by atoms with Crippen LogP contribution in [0.2, 0.25) is 0 Å². The predicted molar refractivity (Wildman–Crippen MR) is 130 cm³/mol. The molecule has 0 radical (unpaired) electrons. The van der Waals surface area contributed by atoms with Crippen LogP contribution < -0.4 is 4.90 Å². The number of piperazine rings is 1. The Morgan fingerprint density at radius 1 is 0.886 bits per heavy atom. The molecular formula is C26H30FN3O4S. The largest absolute Gasteiger partial charge is 0.369 e. The van der Waals surface area contributed by atoms with E-state index >= 15 is 0 Å². The highest BCUT2D eigenvalue weighted by Crippen LogP contribution is 2.38. The summed E-state index contributed by atoms with van der Waals surface area (Å²) in [6, 6.07) is 11.3. The second kappa shape index (κ2) is 9.35. The van der Waals surface area contributed by atoms with E-state index in [-0.39, 0.29) is 40.9 Å². The van der Waals surface area contributed by atoms with Crippen LogP contribution in [0.1, 0.15) is 36.8 Å². The molecule has 35 heavy (non-hydrogen) atoms. The fourth-order valence-electron chi connectivity index (χ4n) is 5.57. The summed E-state index contributed by atoms with van der Waals surface area (Å²) >= 11 is 0. The lowest BCUT2D eigenvalue weighted by molar-refractivity contribution is -0.140. The molecule has 2 aromatic carbocycles. The first kappa shape index (κ1) is 23.9. The van der Waals surface area contributed by atoms with Crippen molar-refractivity contribution in [2.75, 3.05) is 31.1 Å². The first-order valence-corrected chi connectivity index (χ1v) is 13.6. The highest BCUT2D eigenvalue weighted by atomic mass is 32.2. The van der Waals surface area contributed by atoms with E-state index in [2.05, 4.69) is 0 Å². The smallest absolute Gasteiger partial charge is 0.243 e. The van der Waals surface area contributed by atoms with Crippen LogP contribution in [0.25, 0.3) is 0 Å². The minimum absolute atomic E-state index is 0.103. The van der Waals surface area contributed by atoms with Crippen LogP contribution in [0.15, 0.2) is 47.4 Å². The summed E-state index contributed by atoms with van der Waals surface area (Å²) in [5.74, 6) is -0.991. The van der Waals surface area contributed by atoms with Crippen molar-refractivity contribution in [2.24, 2.45) is 11.8 Å². The number of imide groups is 1. The number of amides is 2. The molecule has 7 nitrogen and oxygen atoms in total. The number of halogens is 1. The average Bonchev–Trinajstić information content (AvgIpc) is 3.10. The molecule has 3 aliphatic rings. The Labute approximate surface area is 205 Å². The third kappa shape index (κ3) is 4.47. The maximum atomic E-state index is 13.5. The minimum Gasteiger partial charge on any atom is -0.369 e. The number of carbonyl (C=O) groups is 2. The molecule has 2 aromatic rings. The van der Waals surface area contributed by atoms with E-state index in [1.165, 1.54) is 21.3 Å². The number of fused-ring (bicyclic) bond motifs is 1. The van der Waals surface area contributed by atoms with Gasteiger partial charge in [-0.15, -0.1) is 0 Å². The maximum Gasteiger partial charge on any atom is 0.243 e. The molecule has 1 saturated carbocycles. The normalized spacial score (nSPS) is 23.6. The zero-order chi connectivity index (χ0) is 24.7. The SMILES string of the molecule is Cc1ccc(CN2C(=O)C3CCCCC3C2=O)cc1S(=O)(=O)N1CCN(c2ccc(F)cc2)CC1. The zero-order valence-electron chi connectivity index (χ0n) is 19.8. The number of benzene rings is 2. The lowest BCUT2D eigenvalue weighted by Crippen LogP contribution is -2.48. The van der Waals surface area contributed by atoms with E-state index in [9.17, 15) is 22.4 Å². The summed E-state index contributed by atoms with van der Waals surface area (Å²) in [5.41, 5.74) is 2.13. The summed E-state index contributed by atoms with van der Waals surface area (Å²) in [5, 5.41) is 0. The van der Waals surface area contributed by atoms with Gasteiger partial charge >= 0.3 is 0 Å². The molecule has 1 aliphatic carbocycles. The molecule has 0 spiro atoms. The van der Waals surface area contributed by atoms with E-state index in [0.717, 1.165) is 31.4 Å². The van der Waals surface area contributed by atoms with Crippen LogP contribution in [0.5, 0.6) is 0 Å². The molecule has 5 rings (SSSR count). The molecule has 2 atom stereocenters. The van der Waals surface area contributed by atoms with Gasteiger partial charge in [0, 0.05) is 31.9 Å². The van der Waals surface area contributed by atoms with Gasteiger partial charge in [-0.05, 0) is 61.2 Å². The van der Waals surface area contributed by atoms with Gasteiger partial charge in [-0.1, -0.05) is 25.0 Å². The number of hydrogen-bond acceptors (Lipinski definition) is 5. The first-order chi connectivity index (χ1) is 16.8. The Morgan fingerprint density at radius 3 is 2.09 bits per heavy atom. The van der Waals surface area contributed by atoms with Gasteiger partial charge in [-0.25, -0.2) is 12.8 Å². The number of nitrogens with zero attached hydrogens (tertiary/aromatic N) is 3. The summed E-state index contributed by atoms with van der Waals surface area (Å²) in [7, 11) is -3.75. The van der Waals surface area contributed by atoms with Crippen molar-refractivity contribution in [3.05, 3.63) is 59.4 Å². The van der Waals surface area contributed by atoms with Gasteiger partial charge in [0.1, 0.15) is 5.82 Å². The lowest BCUT2D eigenvalue weighted by atomic mass is 9.81. The monoisotopic (exact) mass is 499 g/mol. The molecule has 2 saturated heterocycles. The molecule has 2 heterocycles. The third-order valence-electron chi connectivity index (χ3n) is 7.57. The molecule has 2 amide bonds. The quantitative estimate of drug-likeness (QED) is 0.590. The standard InChI is InChI=1S/C26H30FN3O4S/c1-18-6-7-19(17-30-25(31)22-4-2-3-5-23(22)26(30)32)16-24(18)35(33,34)29-14-12-28(13-15-29)21-10-8-20(27)9-11-21/h6-11,16,22-23H,2-5,12-15,17H2,1H3. The predicted octanol–water partition coefficient (Wildman–Crippen LogP) is 3.32. The fraction of sp³-hybridized carbons (Fsp3) is 0.462. The molecule has 0 bridgehead atoms. The number of likely N-dealkylation sites (tertiary alicyclic amines) is 1. The molecule has 2 unspecified atom stereocenters. The van der Waals surface area contributed by atoms with Crippen molar-refractivity contribution >= 4 is 27.5 Å². The Kier molecular flexibility index (Phi) is 6.40. The van der Waals surface area contributed by atoms with Crippen LogP contribution in [-0.4, -0.2) is 55.6 Å². The molecule has 186 valence electrons. The average molecular weight is 500 g/mol. The summed E-state index contributed by atoms with van der Waals surface area (Å²) in [4.78, 5) is 29.3. The highest BCUT2D eigenvalue weighted by molar-refractivity contribution is 7.89. The minimum atomic E-state index is -3.75.